The molecule has 0 bridgehead atoms. The Morgan fingerprint density at radius 1 is 1.52 bits per heavy atom. The Bertz CT molecular complexity index is 602. The lowest BCUT2D eigenvalue weighted by Crippen LogP contribution is -2.31. The quantitative estimate of drug-likeness (QED) is 0.822. The maximum atomic E-state index is 12.0. The molecular weight excluding hydrogens is 288 g/mol. The van der Waals surface area contributed by atoms with E-state index in [9.17, 15) is 4.79 Å². The van der Waals surface area contributed by atoms with Crippen molar-refractivity contribution in [2.24, 2.45) is 5.41 Å². The molecule has 1 aliphatic rings. The summed E-state index contributed by atoms with van der Waals surface area (Å²) in [5, 5.41) is 14.6. The monoisotopic (exact) mass is 306 g/mol. The molecule has 21 heavy (non-hydrogen) atoms. The van der Waals surface area contributed by atoms with Crippen molar-refractivity contribution in [2.75, 3.05) is 13.2 Å². The Morgan fingerprint density at radius 2 is 2.38 bits per heavy atom. The summed E-state index contributed by atoms with van der Waals surface area (Å²) in [4.78, 5) is 16.4. The maximum Gasteiger partial charge on any atom is 0.226 e. The van der Waals surface area contributed by atoms with Gasteiger partial charge in [0.1, 0.15) is 0 Å². The maximum absolute atomic E-state index is 12.0. The molecule has 2 aromatic heterocycles. The van der Waals surface area contributed by atoms with Gasteiger partial charge in [0.05, 0.1) is 18.4 Å². The van der Waals surface area contributed by atoms with Gasteiger partial charge in [-0.3, -0.25) is 4.79 Å². The van der Waals surface area contributed by atoms with Crippen LogP contribution in [0.3, 0.4) is 0 Å². The number of aromatic nitrogens is 1. The number of rotatable bonds is 7. The number of thiazole rings is 1. The molecule has 1 saturated carbocycles. The Kier molecular flexibility index (Phi) is 4.07. The Morgan fingerprint density at radius 3 is 3.05 bits per heavy atom. The number of carbonyl (C=O) groups excluding carboxylic acids is 1. The molecule has 2 heterocycles. The molecule has 2 N–H and O–H groups in total. The van der Waals surface area contributed by atoms with E-state index in [1.54, 1.807) is 6.26 Å². The van der Waals surface area contributed by atoms with Crippen molar-refractivity contribution in [1.82, 2.24) is 10.3 Å². The van der Waals surface area contributed by atoms with Crippen molar-refractivity contribution >= 4 is 17.2 Å². The second-order valence-corrected chi connectivity index (χ2v) is 6.41. The molecule has 1 aliphatic carbocycles. The van der Waals surface area contributed by atoms with Gasteiger partial charge < -0.3 is 14.8 Å². The molecule has 0 spiro atoms. The minimum atomic E-state index is -0.0180. The lowest BCUT2D eigenvalue weighted by Gasteiger charge is -2.14. The largest absolute Gasteiger partial charge is 0.462 e. The topological polar surface area (TPSA) is 75.4 Å². The third kappa shape index (κ3) is 3.51. The summed E-state index contributed by atoms with van der Waals surface area (Å²) in [6.45, 7) is 0.843. The van der Waals surface area contributed by atoms with E-state index in [0.29, 0.717) is 6.54 Å². The van der Waals surface area contributed by atoms with Crippen LogP contribution in [-0.2, 0) is 11.2 Å². The molecule has 2 aromatic rings. The molecule has 1 fully saturated rings. The smallest absolute Gasteiger partial charge is 0.226 e. The predicted octanol–water partition coefficient (Wildman–Crippen LogP) is 2.22. The summed E-state index contributed by atoms with van der Waals surface area (Å²) in [6.07, 6.45) is 4.85. The summed E-state index contributed by atoms with van der Waals surface area (Å²) in [5.41, 5.74) is 0.905. The molecule has 5 nitrogen and oxygen atoms in total. The van der Waals surface area contributed by atoms with Crippen LogP contribution < -0.4 is 5.32 Å². The number of furan rings is 1. The highest BCUT2D eigenvalue weighted by molar-refractivity contribution is 7.13. The average molecular weight is 306 g/mol. The molecule has 3 rings (SSSR count). The number of nitrogens with one attached hydrogen (secondary N) is 1. The highest BCUT2D eigenvalue weighted by Gasteiger charge is 2.41. The summed E-state index contributed by atoms with van der Waals surface area (Å²) in [5.74, 6) is 0.710. The van der Waals surface area contributed by atoms with Gasteiger partial charge in [0, 0.05) is 18.5 Å². The third-order valence-corrected chi connectivity index (χ3v) is 4.79. The fraction of sp³-hybridized carbons (Fsp3) is 0.467. The van der Waals surface area contributed by atoms with Crippen LogP contribution >= 0.6 is 11.3 Å². The van der Waals surface area contributed by atoms with Gasteiger partial charge in [0.25, 0.3) is 0 Å². The molecule has 112 valence electrons. The van der Waals surface area contributed by atoms with E-state index < -0.39 is 0 Å². The van der Waals surface area contributed by atoms with E-state index in [0.717, 1.165) is 35.7 Å². The second kappa shape index (κ2) is 5.99. The zero-order valence-corrected chi connectivity index (χ0v) is 12.5. The lowest BCUT2D eigenvalue weighted by atomic mass is 10.0. The first-order chi connectivity index (χ1) is 10.2. The number of carbonyl (C=O) groups is 1. The van der Waals surface area contributed by atoms with Crippen molar-refractivity contribution in [3.8, 4) is 10.8 Å². The van der Waals surface area contributed by atoms with Crippen LogP contribution in [0.15, 0.2) is 28.2 Å². The highest BCUT2D eigenvalue weighted by Crippen LogP contribution is 2.47. The van der Waals surface area contributed by atoms with Crippen LogP contribution in [0.5, 0.6) is 0 Å². The van der Waals surface area contributed by atoms with Gasteiger partial charge in [-0.25, -0.2) is 4.98 Å². The summed E-state index contributed by atoms with van der Waals surface area (Å²) in [6, 6.07) is 3.67. The first-order valence-electron chi connectivity index (χ1n) is 7.07. The van der Waals surface area contributed by atoms with Crippen molar-refractivity contribution in [3.05, 3.63) is 29.5 Å². The zero-order valence-electron chi connectivity index (χ0n) is 11.7. The second-order valence-electron chi connectivity index (χ2n) is 5.55. The van der Waals surface area contributed by atoms with Crippen LogP contribution in [0, 0.1) is 5.41 Å². The average Bonchev–Trinajstić information content (AvgIpc) is 2.91. The number of hydrogen-bond donors (Lipinski definition) is 2. The molecule has 6 heteroatoms. The minimum Gasteiger partial charge on any atom is -0.462 e. The molecule has 0 radical (unpaired) electrons. The van der Waals surface area contributed by atoms with Gasteiger partial charge >= 0.3 is 0 Å². The minimum absolute atomic E-state index is 0.0180. The summed E-state index contributed by atoms with van der Waals surface area (Å²) < 4.78 is 5.29. The molecule has 1 amide bonds. The molecule has 0 aromatic carbocycles. The van der Waals surface area contributed by atoms with Crippen LogP contribution in [-0.4, -0.2) is 29.1 Å². The van der Waals surface area contributed by atoms with Crippen molar-refractivity contribution in [2.45, 2.75) is 25.7 Å². The van der Waals surface area contributed by atoms with Gasteiger partial charge in [0.15, 0.2) is 10.8 Å². The molecule has 0 unspecified atom stereocenters. The lowest BCUT2D eigenvalue weighted by molar-refractivity contribution is -0.120. The van der Waals surface area contributed by atoms with Gasteiger partial charge in [0.2, 0.25) is 5.91 Å². The Balaban J connectivity index is 1.51. The Labute approximate surface area is 127 Å². The molecular formula is C15H18N2O3S. The third-order valence-electron chi connectivity index (χ3n) is 3.89. The fourth-order valence-electron chi connectivity index (χ4n) is 2.34. The van der Waals surface area contributed by atoms with Gasteiger partial charge in [-0.15, -0.1) is 11.3 Å². The van der Waals surface area contributed by atoms with E-state index in [1.165, 1.54) is 11.3 Å². The molecule has 0 atom stereocenters. The normalized spacial score (nSPS) is 15.9. The van der Waals surface area contributed by atoms with Crippen LogP contribution in [0.2, 0.25) is 0 Å². The number of amides is 1. The predicted molar refractivity (Wildman–Crippen MR) is 79.9 cm³/mol. The number of hydrogen-bond acceptors (Lipinski definition) is 5. The SMILES string of the molecule is O=C(Cc1csc(-c2ccco2)n1)NCC1(CCO)CC1. The van der Waals surface area contributed by atoms with Crippen LogP contribution in [0.25, 0.3) is 10.8 Å². The molecule has 0 aliphatic heterocycles. The van der Waals surface area contributed by atoms with Crippen molar-refractivity contribution in [3.63, 3.8) is 0 Å². The Hall–Kier alpha value is -1.66. The van der Waals surface area contributed by atoms with E-state index >= 15 is 0 Å². The number of nitrogens with zero attached hydrogens (tertiary/aromatic N) is 1. The summed E-state index contributed by atoms with van der Waals surface area (Å²) in [7, 11) is 0. The standard InChI is InChI=1S/C15H18N2O3S/c18-6-5-15(3-4-15)10-16-13(19)8-11-9-21-14(17-11)12-2-1-7-20-12/h1-2,7,9,18H,3-6,8,10H2,(H,16,19). The van der Waals surface area contributed by atoms with Crippen LogP contribution in [0.4, 0.5) is 0 Å². The van der Waals surface area contributed by atoms with Gasteiger partial charge in [-0.1, -0.05) is 0 Å². The highest BCUT2D eigenvalue weighted by atomic mass is 32.1. The summed E-state index contributed by atoms with van der Waals surface area (Å²) >= 11 is 1.48. The van der Waals surface area contributed by atoms with E-state index in [-0.39, 0.29) is 24.3 Å². The van der Waals surface area contributed by atoms with E-state index in [1.807, 2.05) is 17.5 Å². The van der Waals surface area contributed by atoms with Crippen molar-refractivity contribution in [1.29, 1.82) is 0 Å². The fourth-order valence-corrected chi connectivity index (χ4v) is 3.13. The van der Waals surface area contributed by atoms with Gasteiger partial charge in [-0.05, 0) is 36.8 Å². The first-order valence-corrected chi connectivity index (χ1v) is 7.95. The zero-order chi connectivity index (χ0) is 14.7. The van der Waals surface area contributed by atoms with E-state index in [2.05, 4.69) is 10.3 Å². The number of aliphatic hydroxyl groups is 1. The first kappa shape index (κ1) is 14.3. The number of aliphatic hydroxyl groups excluding tert-OH is 1. The van der Waals surface area contributed by atoms with Crippen LogP contribution in [0.1, 0.15) is 25.0 Å². The van der Waals surface area contributed by atoms with E-state index in [4.69, 9.17) is 9.52 Å². The van der Waals surface area contributed by atoms with Gasteiger partial charge in [-0.2, -0.15) is 0 Å². The molecule has 0 saturated heterocycles. The van der Waals surface area contributed by atoms with Crippen molar-refractivity contribution < 1.29 is 14.3 Å².